The molecule has 20 heavy (non-hydrogen) atoms. The highest BCUT2D eigenvalue weighted by Gasteiger charge is 2.13. The maximum absolute atomic E-state index is 11.9. The van der Waals surface area contributed by atoms with E-state index in [1.54, 1.807) is 25.3 Å². The van der Waals surface area contributed by atoms with Crippen molar-refractivity contribution in [2.45, 2.75) is 19.8 Å². The third kappa shape index (κ3) is 5.33. The predicted molar refractivity (Wildman–Crippen MR) is 76.2 cm³/mol. The van der Waals surface area contributed by atoms with E-state index in [1.165, 1.54) is 0 Å². The van der Waals surface area contributed by atoms with Gasteiger partial charge in [0.2, 0.25) is 0 Å². The number of amides is 1. The van der Waals surface area contributed by atoms with Crippen molar-refractivity contribution >= 4 is 13.5 Å². The van der Waals surface area contributed by atoms with Gasteiger partial charge in [0.05, 0.1) is 13.3 Å². The zero-order valence-corrected chi connectivity index (χ0v) is 12.5. The maximum atomic E-state index is 11.9. The summed E-state index contributed by atoms with van der Waals surface area (Å²) in [6.07, 6.45) is 0.769. The van der Waals surface area contributed by atoms with Gasteiger partial charge < -0.3 is 19.8 Å². The molecule has 0 radical (unpaired) electrons. The van der Waals surface area contributed by atoms with Crippen molar-refractivity contribution in [3.63, 3.8) is 0 Å². The molecule has 3 N–H and O–H groups in total. The van der Waals surface area contributed by atoms with Crippen molar-refractivity contribution < 1.29 is 23.9 Å². The Hall–Kier alpha value is -1.36. The van der Waals surface area contributed by atoms with Crippen LogP contribution in [0.15, 0.2) is 18.2 Å². The lowest BCUT2D eigenvalue weighted by molar-refractivity contribution is 0.0953. The molecule has 0 fully saturated rings. The fraction of sp³-hybridized carbons (Fsp3) is 0.462. The van der Waals surface area contributed by atoms with Gasteiger partial charge in [-0.1, -0.05) is 6.92 Å². The average molecular weight is 301 g/mol. The Balaban J connectivity index is 2.57. The zero-order valence-electron chi connectivity index (χ0n) is 11.6. The van der Waals surface area contributed by atoms with Crippen LogP contribution < -0.4 is 10.1 Å². The van der Waals surface area contributed by atoms with Crippen LogP contribution in [0.5, 0.6) is 5.75 Å². The molecule has 0 spiro atoms. The van der Waals surface area contributed by atoms with Gasteiger partial charge in [0.15, 0.2) is 0 Å². The maximum Gasteiger partial charge on any atom is 0.325 e. The van der Waals surface area contributed by atoms with Crippen LogP contribution in [0.3, 0.4) is 0 Å². The van der Waals surface area contributed by atoms with Crippen LogP contribution in [0.4, 0.5) is 0 Å². The van der Waals surface area contributed by atoms with E-state index in [-0.39, 0.29) is 25.0 Å². The first-order valence-electron chi connectivity index (χ1n) is 6.37. The van der Waals surface area contributed by atoms with Crippen LogP contribution in [-0.4, -0.2) is 35.5 Å². The zero-order chi connectivity index (χ0) is 15.2. The normalized spacial score (nSPS) is 11.2. The summed E-state index contributed by atoms with van der Waals surface area (Å²) in [6, 6.07) is 5.16. The third-order valence-corrected chi connectivity index (χ3v) is 3.73. The van der Waals surface area contributed by atoms with Gasteiger partial charge in [0.25, 0.3) is 5.91 Å². The monoisotopic (exact) mass is 301 g/mol. The largest absolute Gasteiger partial charge is 0.496 e. The second kappa shape index (κ2) is 7.43. The fourth-order valence-electron chi connectivity index (χ4n) is 1.79. The predicted octanol–water partition coefficient (Wildman–Crippen LogP) is 1.56. The molecule has 0 saturated heterocycles. The Morgan fingerprint density at radius 2 is 2.10 bits per heavy atom. The van der Waals surface area contributed by atoms with Gasteiger partial charge in [0, 0.05) is 12.1 Å². The van der Waals surface area contributed by atoms with E-state index >= 15 is 0 Å². The SMILES string of the molecule is CCc1cc(C(=O)NCCCP(=O)(O)O)ccc1OC. The van der Waals surface area contributed by atoms with Crippen molar-refractivity contribution in [1.29, 1.82) is 0 Å². The number of carbonyl (C=O) groups excluding carboxylic acids is 1. The Morgan fingerprint density at radius 1 is 1.40 bits per heavy atom. The standard InChI is InChI=1S/C13H20NO5P/c1-3-10-9-11(5-6-12(10)19-2)13(15)14-7-4-8-20(16,17)18/h5-6,9H,3-4,7-8H2,1-2H3,(H,14,15)(H2,16,17,18). The first kappa shape index (κ1) is 16.7. The van der Waals surface area contributed by atoms with Crippen molar-refractivity contribution in [3.05, 3.63) is 29.3 Å². The molecular weight excluding hydrogens is 281 g/mol. The molecule has 0 bridgehead atoms. The van der Waals surface area contributed by atoms with Gasteiger partial charge in [-0.25, -0.2) is 0 Å². The number of rotatable bonds is 7. The Morgan fingerprint density at radius 3 is 2.65 bits per heavy atom. The Bertz CT molecular complexity index is 511. The van der Waals surface area contributed by atoms with Gasteiger partial charge in [-0.15, -0.1) is 0 Å². The number of benzene rings is 1. The molecule has 0 atom stereocenters. The Labute approximate surface area is 118 Å². The van der Waals surface area contributed by atoms with Crippen LogP contribution in [0.2, 0.25) is 0 Å². The fourth-order valence-corrected chi connectivity index (χ4v) is 2.36. The molecule has 7 heteroatoms. The van der Waals surface area contributed by atoms with Crippen molar-refractivity contribution in [3.8, 4) is 5.75 Å². The van der Waals surface area contributed by atoms with E-state index in [2.05, 4.69) is 5.32 Å². The van der Waals surface area contributed by atoms with Gasteiger partial charge in [0.1, 0.15) is 5.75 Å². The van der Waals surface area contributed by atoms with E-state index in [0.29, 0.717) is 5.56 Å². The minimum atomic E-state index is -3.99. The smallest absolute Gasteiger partial charge is 0.325 e. The van der Waals surface area contributed by atoms with Gasteiger partial charge >= 0.3 is 7.60 Å². The number of methoxy groups -OCH3 is 1. The quantitative estimate of drug-likeness (QED) is 0.524. The lowest BCUT2D eigenvalue weighted by Gasteiger charge is -2.10. The van der Waals surface area contributed by atoms with E-state index in [4.69, 9.17) is 14.5 Å². The van der Waals surface area contributed by atoms with Crippen molar-refractivity contribution in [1.82, 2.24) is 5.32 Å². The summed E-state index contributed by atoms with van der Waals surface area (Å²) in [5.41, 5.74) is 1.45. The molecule has 0 aliphatic carbocycles. The Kier molecular flexibility index (Phi) is 6.20. The molecule has 0 unspecified atom stereocenters. The van der Waals surface area contributed by atoms with Crippen LogP contribution in [0.1, 0.15) is 29.3 Å². The molecule has 0 aliphatic heterocycles. The lowest BCUT2D eigenvalue weighted by Crippen LogP contribution is -2.25. The minimum absolute atomic E-state index is 0.226. The highest BCUT2D eigenvalue weighted by molar-refractivity contribution is 7.51. The van der Waals surface area contributed by atoms with E-state index in [1.807, 2.05) is 6.92 Å². The molecule has 0 saturated carbocycles. The molecule has 1 amide bonds. The van der Waals surface area contributed by atoms with Crippen LogP contribution in [-0.2, 0) is 11.0 Å². The summed E-state index contributed by atoms with van der Waals surface area (Å²) >= 11 is 0. The molecule has 0 aromatic heterocycles. The molecule has 0 heterocycles. The summed E-state index contributed by atoms with van der Waals surface area (Å²) in [4.78, 5) is 29.3. The number of aryl methyl sites for hydroxylation is 1. The summed E-state index contributed by atoms with van der Waals surface area (Å²) in [5, 5.41) is 2.64. The molecule has 1 rings (SSSR count). The van der Waals surface area contributed by atoms with E-state index in [9.17, 15) is 9.36 Å². The summed E-state index contributed by atoms with van der Waals surface area (Å²) in [6.45, 7) is 2.21. The molecule has 112 valence electrons. The number of ether oxygens (including phenoxy) is 1. The second-order valence-electron chi connectivity index (χ2n) is 4.38. The molecule has 1 aromatic carbocycles. The van der Waals surface area contributed by atoms with Crippen LogP contribution in [0, 0.1) is 0 Å². The van der Waals surface area contributed by atoms with Gasteiger partial charge in [-0.3, -0.25) is 9.36 Å². The second-order valence-corrected chi connectivity index (χ2v) is 6.15. The van der Waals surface area contributed by atoms with Crippen molar-refractivity contribution in [2.24, 2.45) is 0 Å². The van der Waals surface area contributed by atoms with Crippen LogP contribution in [0.25, 0.3) is 0 Å². The number of hydrogen-bond acceptors (Lipinski definition) is 3. The topological polar surface area (TPSA) is 95.9 Å². The van der Waals surface area contributed by atoms with Crippen molar-refractivity contribution in [2.75, 3.05) is 19.8 Å². The van der Waals surface area contributed by atoms with E-state index in [0.717, 1.165) is 17.7 Å². The third-order valence-electron chi connectivity index (χ3n) is 2.84. The number of carbonyl (C=O) groups is 1. The summed E-state index contributed by atoms with van der Waals surface area (Å²) < 4.78 is 15.9. The summed E-state index contributed by atoms with van der Waals surface area (Å²) in [5.74, 6) is 0.485. The molecule has 6 nitrogen and oxygen atoms in total. The van der Waals surface area contributed by atoms with Crippen LogP contribution >= 0.6 is 7.60 Å². The first-order chi connectivity index (χ1) is 9.37. The number of nitrogens with one attached hydrogen (secondary N) is 1. The minimum Gasteiger partial charge on any atom is -0.496 e. The lowest BCUT2D eigenvalue weighted by atomic mass is 10.1. The molecule has 1 aromatic rings. The number of hydrogen-bond donors (Lipinski definition) is 3. The molecular formula is C13H20NO5P. The highest BCUT2D eigenvalue weighted by Crippen LogP contribution is 2.34. The molecule has 0 aliphatic rings. The van der Waals surface area contributed by atoms with Gasteiger partial charge in [-0.05, 0) is 36.6 Å². The van der Waals surface area contributed by atoms with E-state index < -0.39 is 7.60 Å². The van der Waals surface area contributed by atoms with Gasteiger partial charge in [-0.2, -0.15) is 0 Å². The average Bonchev–Trinajstić information content (AvgIpc) is 2.41. The summed E-state index contributed by atoms with van der Waals surface area (Å²) in [7, 11) is -2.41. The first-order valence-corrected chi connectivity index (χ1v) is 8.17. The highest BCUT2D eigenvalue weighted by atomic mass is 31.2.